The molecule has 1 unspecified atom stereocenters. The monoisotopic (exact) mass is 481 g/mol. The molecule has 0 saturated heterocycles. The molecular formula is C33H39NO2. The van der Waals surface area contributed by atoms with Crippen LogP contribution in [0.5, 0.6) is 5.75 Å². The van der Waals surface area contributed by atoms with Crippen molar-refractivity contribution >= 4 is 23.3 Å². The zero-order valence-corrected chi connectivity index (χ0v) is 22.7. The number of ether oxygens (including phenoxy) is 1. The molecule has 3 heteroatoms. The number of allylic oxidation sites excluding steroid dienone is 1. The van der Waals surface area contributed by atoms with E-state index in [9.17, 15) is 4.79 Å². The number of esters is 1. The highest BCUT2D eigenvalue weighted by atomic mass is 16.5. The van der Waals surface area contributed by atoms with Crippen molar-refractivity contribution in [3.63, 3.8) is 0 Å². The van der Waals surface area contributed by atoms with Gasteiger partial charge in [0.25, 0.3) is 0 Å². The van der Waals surface area contributed by atoms with Crippen LogP contribution in [-0.4, -0.2) is 5.97 Å². The highest BCUT2D eigenvalue weighted by molar-refractivity contribution is 5.91. The van der Waals surface area contributed by atoms with Crippen LogP contribution in [0.25, 0.3) is 11.6 Å². The molecule has 0 amide bonds. The van der Waals surface area contributed by atoms with E-state index in [0.29, 0.717) is 22.9 Å². The second-order valence-corrected chi connectivity index (χ2v) is 11.4. The zero-order chi connectivity index (χ0) is 26.3. The van der Waals surface area contributed by atoms with E-state index >= 15 is 0 Å². The lowest BCUT2D eigenvalue weighted by Crippen LogP contribution is -2.30. The smallest absolute Gasteiger partial charge is 0.343 e. The normalized spacial score (nSPS) is 18.1. The Kier molecular flexibility index (Phi) is 6.88. The topological polar surface area (TPSA) is 52.3 Å². The number of carbonyl (C=O) groups is 1. The van der Waals surface area contributed by atoms with E-state index in [1.54, 1.807) is 24.3 Å². The molecule has 0 heterocycles. The minimum atomic E-state index is -0.380. The van der Waals surface area contributed by atoms with Crippen LogP contribution >= 0.6 is 0 Å². The molecule has 3 nitrogen and oxygen atoms in total. The molecule has 0 fully saturated rings. The number of benzene rings is 3. The zero-order valence-electron chi connectivity index (χ0n) is 22.7. The molecule has 1 atom stereocenters. The van der Waals surface area contributed by atoms with Crippen LogP contribution in [0.3, 0.4) is 0 Å². The van der Waals surface area contributed by atoms with Gasteiger partial charge in [-0.3, -0.25) is 0 Å². The van der Waals surface area contributed by atoms with E-state index < -0.39 is 0 Å². The third kappa shape index (κ3) is 4.72. The van der Waals surface area contributed by atoms with E-state index in [1.165, 1.54) is 27.8 Å². The Morgan fingerprint density at radius 2 is 1.53 bits per heavy atom. The first kappa shape index (κ1) is 25.8. The molecule has 0 bridgehead atoms. The van der Waals surface area contributed by atoms with Crippen molar-refractivity contribution in [3.05, 3.63) is 94.0 Å². The fraction of sp³-hybridized carbons (Fsp3) is 0.364. The van der Waals surface area contributed by atoms with Crippen molar-refractivity contribution in [1.82, 2.24) is 0 Å². The summed E-state index contributed by atoms with van der Waals surface area (Å²) in [5.41, 5.74) is 15.2. The van der Waals surface area contributed by atoms with Crippen LogP contribution in [0.1, 0.15) is 93.1 Å². The van der Waals surface area contributed by atoms with E-state index in [0.717, 1.165) is 18.4 Å². The van der Waals surface area contributed by atoms with Crippen LogP contribution in [0.2, 0.25) is 0 Å². The fourth-order valence-corrected chi connectivity index (χ4v) is 5.67. The summed E-state index contributed by atoms with van der Waals surface area (Å²) in [6.07, 6.45) is 4.39. The minimum Gasteiger partial charge on any atom is -0.423 e. The minimum absolute atomic E-state index is 0.130. The van der Waals surface area contributed by atoms with Gasteiger partial charge in [0, 0.05) is 5.69 Å². The molecule has 3 aromatic rings. The molecule has 36 heavy (non-hydrogen) atoms. The predicted octanol–water partition coefficient (Wildman–Crippen LogP) is 8.21. The molecule has 0 saturated carbocycles. The van der Waals surface area contributed by atoms with Crippen LogP contribution < -0.4 is 10.5 Å². The van der Waals surface area contributed by atoms with Crippen molar-refractivity contribution in [2.75, 3.05) is 5.73 Å². The van der Waals surface area contributed by atoms with Crippen LogP contribution in [0, 0.1) is 5.92 Å². The van der Waals surface area contributed by atoms with Gasteiger partial charge in [-0.2, -0.15) is 0 Å². The van der Waals surface area contributed by atoms with E-state index in [4.69, 9.17) is 10.5 Å². The van der Waals surface area contributed by atoms with Crippen molar-refractivity contribution in [2.45, 2.75) is 72.1 Å². The van der Waals surface area contributed by atoms with Gasteiger partial charge >= 0.3 is 5.97 Å². The van der Waals surface area contributed by atoms with Crippen LogP contribution in [0.15, 0.2) is 60.7 Å². The third-order valence-corrected chi connectivity index (χ3v) is 8.36. The highest BCUT2D eigenvalue weighted by Crippen LogP contribution is 2.54. The summed E-state index contributed by atoms with van der Waals surface area (Å²) in [6.45, 7) is 16.4. The molecule has 0 spiro atoms. The number of rotatable bonds is 6. The van der Waals surface area contributed by atoms with Gasteiger partial charge in [0.15, 0.2) is 0 Å². The van der Waals surface area contributed by atoms with Crippen molar-refractivity contribution in [2.24, 2.45) is 5.92 Å². The maximum Gasteiger partial charge on any atom is 0.343 e. The second-order valence-electron chi connectivity index (χ2n) is 11.4. The van der Waals surface area contributed by atoms with Crippen molar-refractivity contribution in [3.8, 4) is 5.75 Å². The van der Waals surface area contributed by atoms with Gasteiger partial charge in [0.1, 0.15) is 5.75 Å². The van der Waals surface area contributed by atoms with Gasteiger partial charge in [-0.25, -0.2) is 4.79 Å². The molecular weight excluding hydrogens is 442 g/mol. The molecule has 4 rings (SSSR count). The number of hydrogen-bond donors (Lipinski definition) is 1. The van der Waals surface area contributed by atoms with Gasteiger partial charge in [0.2, 0.25) is 0 Å². The average Bonchev–Trinajstić information content (AvgIpc) is 2.97. The molecule has 1 aliphatic rings. The van der Waals surface area contributed by atoms with Gasteiger partial charge in [-0.15, -0.1) is 0 Å². The Morgan fingerprint density at radius 3 is 2.11 bits per heavy atom. The first-order chi connectivity index (χ1) is 16.9. The number of hydrogen-bond acceptors (Lipinski definition) is 3. The second kappa shape index (κ2) is 9.61. The molecule has 0 aromatic heterocycles. The Morgan fingerprint density at radius 1 is 0.944 bits per heavy atom. The largest absolute Gasteiger partial charge is 0.423 e. The number of anilines is 1. The van der Waals surface area contributed by atoms with E-state index in [1.807, 2.05) is 24.3 Å². The maximum absolute atomic E-state index is 12.5. The molecule has 2 N–H and O–H groups in total. The Labute approximate surface area is 216 Å². The lowest BCUT2D eigenvalue weighted by molar-refractivity contribution is 0.0735. The van der Waals surface area contributed by atoms with E-state index in [-0.39, 0.29) is 16.8 Å². The van der Waals surface area contributed by atoms with Gasteiger partial charge in [0.05, 0.1) is 5.56 Å². The molecule has 188 valence electrons. The first-order valence-electron chi connectivity index (χ1n) is 13.0. The number of nitrogen functional groups attached to an aromatic ring is 1. The number of fused-ring (bicyclic) bond motifs is 1. The molecule has 1 aliphatic carbocycles. The number of carbonyl (C=O) groups excluding carboxylic acids is 1. The summed E-state index contributed by atoms with van der Waals surface area (Å²) < 4.78 is 5.47. The summed E-state index contributed by atoms with van der Waals surface area (Å²) in [5, 5.41) is 0. The number of nitrogens with two attached hydrogens (primary N) is 1. The van der Waals surface area contributed by atoms with Gasteiger partial charge in [-0.05, 0) is 99.9 Å². The highest BCUT2D eigenvalue weighted by Gasteiger charge is 2.48. The summed E-state index contributed by atoms with van der Waals surface area (Å²) in [7, 11) is 0. The van der Waals surface area contributed by atoms with Gasteiger partial charge in [-0.1, -0.05) is 78.3 Å². The standard InChI is InChI=1S/C33H39NO2/c1-8-9-25-19-29-30(33(6,7)22(3)32(29,4)5)20-28(25)21(2)18-23-10-12-24(13-11-23)31(35)36-27-16-14-26(34)15-17-27/h10-20,22H,8-9,34H2,1-7H3. The van der Waals surface area contributed by atoms with Crippen LogP contribution in [0.4, 0.5) is 5.69 Å². The fourth-order valence-electron chi connectivity index (χ4n) is 5.67. The third-order valence-electron chi connectivity index (χ3n) is 8.36. The lowest BCUT2D eigenvalue weighted by Gasteiger charge is -2.32. The Bertz CT molecular complexity index is 1290. The van der Waals surface area contributed by atoms with E-state index in [2.05, 4.69) is 66.7 Å². The summed E-state index contributed by atoms with van der Waals surface area (Å²) in [5.74, 6) is 0.666. The summed E-state index contributed by atoms with van der Waals surface area (Å²) in [6, 6.07) is 19.4. The Hall–Kier alpha value is -3.33. The Balaban J connectivity index is 1.62. The SMILES string of the molecule is CCCc1cc2c(cc1C(C)=Cc1ccc(C(=O)Oc3ccc(N)cc3)cc1)C(C)(C)C(C)C2(C)C. The maximum atomic E-state index is 12.5. The van der Waals surface area contributed by atoms with Crippen molar-refractivity contribution in [1.29, 1.82) is 0 Å². The van der Waals surface area contributed by atoms with Gasteiger partial charge < -0.3 is 10.5 Å². The van der Waals surface area contributed by atoms with Crippen LogP contribution in [-0.2, 0) is 17.3 Å². The molecule has 0 aliphatic heterocycles. The predicted molar refractivity (Wildman–Crippen MR) is 151 cm³/mol. The first-order valence-corrected chi connectivity index (χ1v) is 13.0. The average molecular weight is 482 g/mol. The quantitative estimate of drug-likeness (QED) is 0.167. The lowest BCUT2D eigenvalue weighted by atomic mass is 9.71. The molecule has 3 aromatic carbocycles. The van der Waals surface area contributed by atoms with Crippen molar-refractivity contribution < 1.29 is 9.53 Å². The summed E-state index contributed by atoms with van der Waals surface area (Å²) in [4.78, 5) is 12.5. The summed E-state index contributed by atoms with van der Waals surface area (Å²) >= 11 is 0. The molecule has 0 radical (unpaired) electrons. The number of aryl methyl sites for hydroxylation is 1.